The Morgan fingerprint density at radius 2 is 1.45 bits per heavy atom. The average Bonchev–Trinajstić information content (AvgIpc) is 2.03. The van der Waals surface area contributed by atoms with Crippen LogP contribution >= 0.6 is 15.9 Å². The van der Waals surface area contributed by atoms with Crippen molar-refractivity contribution in [1.29, 1.82) is 0 Å². The van der Waals surface area contributed by atoms with Crippen LogP contribution < -0.4 is 0 Å². The zero-order valence-electron chi connectivity index (χ0n) is 6.41. The Labute approximate surface area is 75.9 Å². The maximum atomic E-state index is 4.69. The highest BCUT2D eigenvalue weighted by Crippen LogP contribution is 1.85. The van der Waals surface area contributed by atoms with Crippen LogP contribution in [0.5, 0.6) is 0 Å². The average molecular weight is 215 g/mol. The highest BCUT2D eigenvalue weighted by molar-refractivity contribution is 9.11. The molecule has 0 aromatic heterocycles. The summed E-state index contributed by atoms with van der Waals surface area (Å²) in [6.45, 7) is 0. The smallest absolute Gasteiger partial charge is 0.0824 e. The van der Waals surface area contributed by atoms with Gasteiger partial charge in [0.05, 0.1) is 13.4 Å². The largest absolute Gasteiger partial charge is 0.504 e. The lowest BCUT2D eigenvalue weighted by Gasteiger charge is -1.79. The molecule has 0 heterocycles. The van der Waals surface area contributed by atoms with Crippen molar-refractivity contribution in [3.63, 3.8) is 0 Å². The van der Waals surface area contributed by atoms with Gasteiger partial charge in [0.15, 0.2) is 0 Å². The first-order valence-corrected chi connectivity index (χ1v) is 4.11. The molecule has 0 rings (SSSR count). The Morgan fingerprint density at radius 3 is 2.00 bits per heavy atom. The van der Waals surface area contributed by atoms with Crippen LogP contribution in [0.3, 0.4) is 0 Å². The van der Waals surface area contributed by atoms with E-state index in [0.717, 1.165) is 0 Å². The third-order valence-electron chi connectivity index (χ3n) is 0.843. The molecule has 0 amide bonds. The van der Waals surface area contributed by atoms with Gasteiger partial charge < -0.3 is 4.74 Å². The number of allylic oxidation sites excluding steroid dienone is 6. The van der Waals surface area contributed by atoms with Crippen molar-refractivity contribution < 1.29 is 4.74 Å². The lowest BCUT2D eigenvalue weighted by molar-refractivity contribution is 0.338. The second-order valence-electron chi connectivity index (χ2n) is 1.65. The molecule has 0 unspecified atom stereocenters. The third kappa shape index (κ3) is 9.24. The first-order chi connectivity index (χ1) is 5.41. The van der Waals surface area contributed by atoms with Gasteiger partial charge in [0.1, 0.15) is 0 Å². The normalized spacial score (nSPS) is 12.9. The summed E-state index contributed by atoms with van der Waals surface area (Å²) < 4.78 is 4.69. The van der Waals surface area contributed by atoms with Gasteiger partial charge in [-0.1, -0.05) is 46.3 Å². The van der Waals surface area contributed by atoms with Crippen molar-refractivity contribution >= 4 is 15.9 Å². The lowest BCUT2D eigenvalue weighted by Crippen LogP contribution is -1.60. The van der Waals surface area contributed by atoms with E-state index in [0.29, 0.717) is 0 Å². The van der Waals surface area contributed by atoms with Crippen molar-refractivity contribution in [2.45, 2.75) is 0 Å². The Hall–Kier alpha value is -0.760. The van der Waals surface area contributed by atoms with Crippen LogP contribution in [0.2, 0.25) is 0 Å². The van der Waals surface area contributed by atoms with Gasteiger partial charge in [-0.15, -0.1) is 0 Å². The highest BCUT2D eigenvalue weighted by Gasteiger charge is 1.61. The van der Waals surface area contributed by atoms with Crippen molar-refractivity contribution in [1.82, 2.24) is 0 Å². The minimum Gasteiger partial charge on any atom is -0.504 e. The van der Waals surface area contributed by atoms with Gasteiger partial charge in [0.25, 0.3) is 0 Å². The molecular weight excluding hydrogens is 204 g/mol. The van der Waals surface area contributed by atoms with Gasteiger partial charge in [0.2, 0.25) is 0 Å². The van der Waals surface area contributed by atoms with E-state index >= 15 is 0 Å². The fourth-order valence-electron chi connectivity index (χ4n) is 0.423. The van der Waals surface area contributed by atoms with Crippen LogP contribution in [-0.4, -0.2) is 7.11 Å². The fraction of sp³-hybridized carbons (Fsp3) is 0.111. The van der Waals surface area contributed by atoms with E-state index in [1.165, 1.54) is 0 Å². The molecule has 0 bridgehead atoms. The van der Waals surface area contributed by atoms with Gasteiger partial charge in [-0.25, -0.2) is 0 Å². The summed E-state index contributed by atoms with van der Waals surface area (Å²) in [5, 5.41) is 0. The van der Waals surface area contributed by atoms with E-state index in [2.05, 4.69) is 15.9 Å². The predicted molar refractivity (Wildman–Crippen MR) is 52.5 cm³/mol. The Morgan fingerprint density at radius 1 is 0.909 bits per heavy atom. The number of hydrogen-bond acceptors (Lipinski definition) is 1. The quantitative estimate of drug-likeness (QED) is 0.517. The first kappa shape index (κ1) is 10.2. The number of halogens is 1. The van der Waals surface area contributed by atoms with Gasteiger partial charge in [-0.05, 0) is 11.1 Å². The van der Waals surface area contributed by atoms with Crippen LogP contribution in [0.4, 0.5) is 0 Å². The second kappa shape index (κ2) is 9.24. The second-order valence-corrected chi connectivity index (χ2v) is 2.18. The predicted octanol–water partition coefficient (Wildman–Crippen LogP) is 3.17. The lowest BCUT2D eigenvalue weighted by atomic mass is 10.4. The van der Waals surface area contributed by atoms with Crippen molar-refractivity contribution in [2.24, 2.45) is 0 Å². The molecule has 0 spiro atoms. The van der Waals surface area contributed by atoms with Crippen LogP contribution in [0.1, 0.15) is 0 Å². The summed E-state index contributed by atoms with van der Waals surface area (Å²) in [4.78, 5) is 1.79. The highest BCUT2D eigenvalue weighted by atomic mass is 79.9. The summed E-state index contributed by atoms with van der Waals surface area (Å²) in [5.74, 6) is 0. The van der Waals surface area contributed by atoms with Crippen molar-refractivity contribution in [3.8, 4) is 0 Å². The Kier molecular flexibility index (Phi) is 8.60. The van der Waals surface area contributed by atoms with E-state index in [1.54, 1.807) is 18.4 Å². The van der Waals surface area contributed by atoms with Crippen LogP contribution in [0.25, 0.3) is 0 Å². The summed E-state index contributed by atoms with van der Waals surface area (Å²) in [5.41, 5.74) is 0. The molecule has 0 aromatic rings. The maximum Gasteiger partial charge on any atom is 0.0824 e. The Bertz CT molecular complexity index is 178. The van der Waals surface area contributed by atoms with Crippen LogP contribution in [-0.2, 0) is 4.74 Å². The van der Waals surface area contributed by atoms with Gasteiger partial charge >= 0.3 is 0 Å². The topological polar surface area (TPSA) is 9.23 Å². The minimum absolute atomic E-state index is 1.62. The summed E-state index contributed by atoms with van der Waals surface area (Å²) in [6, 6.07) is 0. The van der Waals surface area contributed by atoms with Gasteiger partial charge in [-0.3, -0.25) is 0 Å². The monoisotopic (exact) mass is 214 g/mol. The molecule has 0 saturated carbocycles. The molecule has 11 heavy (non-hydrogen) atoms. The molecule has 0 saturated heterocycles. The molecular formula is C9H11BrO. The third-order valence-corrected chi connectivity index (χ3v) is 1.15. The zero-order valence-corrected chi connectivity index (χ0v) is 7.99. The molecule has 0 N–H and O–H groups in total. The Balaban J connectivity index is 3.51. The number of hydrogen-bond donors (Lipinski definition) is 0. The standard InChI is InChI=1S/C9H11BrO/c1-11-9-7-5-3-2-4-6-8-10/h2-9H,1H3/b4-2+,5-3+,8-6+,9-7+. The molecule has 0 atom stereocenters. The molecule has 0 aromatic carbocycles. The molecule has 2 heteroatoms. The maximum absolute atomic E-state index is 4.69. The molecule has 0 fully saturated rings. The molecule has 60 valence electrons. The molecule has 1 nitrogen and oxygen atoms in total. The van der Waals surface area contributed by atoms with Gasteiger partial charge in [-0.2, -0.15) is 0 Å². The number of ether oxygens (including phenoxy) is 1. The summed E-state index contributed by atoms with van der Waals surface area (Å²) in [7, 11) is 1.62. The van der Waals surface area contributed by atoms with E-state index in [9.17, 15) is 0 Å². The molecule has 0 aliphatic carbocycles. The molecule has 0 aliphatic heterocycles. The fourth-order valence-corrected chi connectivity index (χ4v) is 0.599. The van der Waals surface area contributed by atoms with E-state index in [1.807, 2.05) is 36.5 Å². The molecule has 0 aliphatic rings. The summed E-state index contributed by atoms with van der Waals surface area (Å²) in [6.07, 6.45) is 13.0. The van der Waals surface area contributed by atoms with Crippen molar-refractivity contribution in [3.05, 3.63) is 47.7 Å². The van der Waals surface area contributed by atoms with E-state index in [4.69, 9.17) is 4.74 Å². The summed E-state index contributed by atoms with van der Waals surface area (Å²) >= 11 is 3.15. The number of methoxy groups -OCH3 is 1. The van der Waals surface area contributed by atoms with Crippen LogP contribution in [0.15, 0.2) is 47.7 Å². The van der Waals surface area contributed by atoms with Gasteiger partial charge in [0, 0.05) is 0 Å². The molecule has 0 radical (unpaired) electrons. The number of rotatable bonds is 4. The SMILES string of the molecule is CO/C=C/C=C/C=C/C=C/Br. The van der Waals surface area contributed by atoms with Crippen molar-refractivity contribution in [2.75, 3.05) is 7.11 Å². The minimum atomic E-state index is 1.62. The first-order valence-electron chi connectivity index (χ1n) is 3.20. The van der Waals surface area contributed by atoms with E-state index < -0.39 is 0 Å². The van der Waals surface area contributed by atoms with Crippen LogP contribution in [0, 0.1) is 0 Å². The zero-order chi connectivity index (χ0) is 8.36. The van der Waals surface area contributed by atoms with E-state index in [-0.39, 0.29) is 0 Å².